The van der Waals surface area contributed by atoms with Crippen molar-refractivity contribution in [2.24, 2.45) is 5.92 Å². The molecule has 1 saturated carbocycles. The molecule has 4 aliphatic rings. The van der Waals surface area contributed by atoms with Crippen molar-refractivity contribution in [3.8, 4) is 0 Å². The lowest BCUT2D eigenvalue weighted by Gasteiger charge is -2.36. The molecule has 3 fully saturated rings. The molecule has 1 unspecified atom stereocenters. The zero-order valence-electron chi connectivity index (χ0n) is 32.4. The Morgan fingerprint density at radius 1 is 0.897 bits per heavy atom. The molecule has 0 spiro atoms. The first-order valence-corrected chi connectivity index (χ1v) is 20.2. The summed E-state index contributed by atoms with van der Waals surface area (Å²) in [5.41, 5.74) is 3.90. The number of imide groups is 2. The quantitative estimate of drug-likeness (QED) is 0.107. The number of rotatable bonds is 14. The maximum absolute atomic E-state index is 13.1. The van der Waals surface area contributed by atoms with Crippen molar-refractivity contribution in [2.45, 2.75) is 89.3 Å². The molecule has 1 aromatic carbocycles. The summed E-state index contributed by atoms with van der Waals surface area (Å²) in [6.45, 7) is 4.68. The topological polar surface area (TPSA) is 214 Å². The first-order chi connectivity index (χ1) is 28.1. The van der Waals surface area contributed by atoms with E-state index in [1.54, 1.807) is 36.9 Å². The lowest BCUT2D eigenvalue weighted by atomic mass is 9.86. The van der Waals surface area contributed by atoms with Gasteiger partial charge in [-0.15, -0.1) is 0 Å². The Morgan fingerprint density at radius 3 is 2.50 bits per heavy atom. The number of likely N-dealkylation sites (tertiary alicyclic amines) is 1. The van der Waals surface area contributed by atoms with Gasteiger partial charge in [-0.05, 0) is 88.1 Å². The number of amides is 6. The van der Waals surface area contributed by atoms with Gasteiger partial charge in [0.25, 0.3) is 17.7 Å². The Morgan fingerprint density at radius 2 is 1.71 bits per heavy atom. The van der Waals surface area contributed by atoms with E-state index >= 15 is 0 Å². The summed E-state index contributed by atoms with van der Waals surface area (Å²) in [6, 6.07) is 9.64. The smallest absolute Gasteiger partial charge is 0.270 e. The van der Waals surface area contributed by atoms with Gasteiger partial charge in [0.1, 0.15) is 23.6 Å². The molecule has 17 nitrogen and oxygen atoms in total. The number of aryl methyl sites for hydroxylation is 1. The number of hydrogen-bond acceptors (Lipinski definition) is 12. The number of aromatic nitrogens is 5. The van der Waals surface area contributed by atoms with Crippen LogP contribution in [0.15, 0.2) is 49.1 Å². The third kappa shape index (κ3) is 8.11. The number of benzene rings is 1. The second-order valence-electron chi connectivity index (χ2n) is 15.7. The van der Waals surface area contributed by atoms with E-state index in [4.69, 9.17) is 0 Å². The van der Waals surface area contributed by atoms with Crippen LogP contribution in [0.5, 0.6) is 0 Å². The van der Waals surface area contributed by atoms with Crippen LogP contribution in [-0.2, 0) is 14.4 Å². The number of carbonyl (C=O) groups is 6. The van der Waals surface area contributed by atoms with Crippen molar-refractivity contribution in [3.63, 3.8) is 0 Å². The van der Waals surface area contributed by atoms with Gasteiger partial charge in [0, 0.05) is 62.5 Å². The van der Waals surface area contributed by atoms with Crippen LogP contribution in [0.25, 0.3) is 11.2 Å². The molecule has 58 heavy (non-hydrogen) atoms. The number of piperidine rings is 2. The zero-order valence-corrected chi connectivity index (χ0v) is 32.4. The van der Waals surface area contributed by atoms with Gasteiger partial charge in [0.15, 0.2) is 11.5 Å². The maximum Gasteiger partial charge on any atom is 0.270 e. The number of unbranched alkanes of at least 4 members (excludes halogenated alkanes) is 2. The Kier molecular flexibility index (Phi) is 11.1. The third-order valence-electron chi connectivity index (χ3n) is 11.7. The van der Waals surface area contributed by atoms with Crippen LogP contribution < -0.4 is 21.3 Å². The molecule has 0 radical (unpaired) electrons. The van der Waals surface area contributed by atoms with Crippen molar-refractivity contribution in [1.29, 1.82) is 0 Å². The van der Waals surface area contributed by atoms with E-state index in [2.05, 4.69) is 45.8 Å². The van der Waals surface area contributed by atoms with Crippen LogP contribution in [0.3, 0.4) is 0 Å². The van der Waals surface area contributed by atoms with Gasteiger partial charge in [0.05, 0.1) is 17.5 Å². The highest BCUT2D eigenvalue weighted by Gasteiger charge is 2.44. The van der Waals surface area contributed by atoms with Gasteiger partial charge >= 0.3 is 0 Å². The number of nitrogens with one attached hydrogen (secondary N) is 4. The fourth-order valence-corrected chi connectivity index (χ4v) is 8.29. The largest absolute Gasteiger partial charge is 0.385 e. The lowest BCUT2D eigenvalue weighted by molar-refractivity contribution is -0.136. The molecule has 302 valence electrons. The summed E-state index contributed by atoms with van der Waals surface area (Å²) in [7, 11) is 0. The average Bonchev–Trinajstić information content (AvgIpc) is 3.74. The van der Waals surface area contributed by atoms with E-state index in [-0.39, 0.29) is 47.9 Å². The van der Waals surface area contributed by atoms with Gasteiger partial charge in [-0.2, -0.15) is 0 Å². The summed E-state index contributed by atoms with van der Waals surface area (Å²) >= 11 is 0. The Hall–Kier alpha value is -6.26. The van der Waals surface area contributed by atoms with Crippen molar-refractivity contribution in [2.75, 3.05) is 36.8 Å². The molecule has 3 aliphatic heterocycles. The molecular formula is C41H47N11O6. The van der Waals surface area contributed by atoms with Gasteiger partial charge in [-0.25, -0.2) is 19.9 Å². The molecule has 1 aliphatic carbocycles. The summed E-state index contributed by atoms with van der Waals surface area (Å²) in [4.78, 5) is 96.4. The molecule has 1 atom stereocenters. The van der Waals surface area contributed by atoms with Gasteiger partial charge < -0.3 is 25.4 Å². The number of nitrogens with zero attached hydrogens (tertiary/aromatic N) is 7. The van der Waals surface area contributed by atoms with E-state index < -0.39 is 29.7 Å². The third-order valence-corrected chi connectivity index (χ3v) is 11.7. The number of pyridine rings is 1. The van der Waals surface area contributed by atoms with E-state index in [1.807, 2.05) is 24.0 Å². The van der Waals surface area contributed by atoms with Gasteiger partial charge in [-0.1, -0.05) is 12.5 Å². The molecule has 4 aromatic rings. The summed E-state index contributed by atoms with van der Waals surface area (Å²) in [5.74, 6) is -0.992. The number of carbonyl (C=O) groups excluding carboxylic acids is 6. The highest BCUT2D eigenvalue weighted by molar-refractivity contribution is 6.23. The first-order valence-electron chi connectivity index (χ1n) is 20.2. The van der Waals surface area contributed by atoms with E-state index in [0.29, 0.717) is 36.1 Å². The summed E-state index contributed by atoms with van der Waals surface area (Å²) in [6.07, 6.45) is 9.88. The minimum atomic E-state index is -0.993. The average molecular weight is 790 g/mol. The molecule has 6 heterocycles. The van der Waals surface area contributed by atoms with Crippen LogP contribution in [0, 0.1) is 12.8 Å². The monoisotopic (exact) mass is 789 g/mol. The Labute approximate surface area is 334 Å². The molecular weight excluding hydrogens is 743 g/mol. The normalized spacial score (nSPS) is 20.8. The van der Waals surface area contributed by atoms with Gasteiger partial charge in [-0.3, -0.25) is 39.0 Å². The van der Waals surface area contributed by atoms with E-state index in [0.717, 1.165) is 86.3 Å². The van der Waals surface area contributed by atoms with Crippen molar-refractivity contribution < 1.29 is 28.8 Å². The van der Waals surface area contributed by atoms with E-state index in [9.17, 15) is 28.8 Å². The highest BCUT2D eigenvalue weighted by Crippen LogP contribution is 2.35. The molecule has 8 rings (SSSR count). The minimum Gasteiger partial charge on any atom is -0.385 e. The van der Waals surface area contributed by atoms with Crippen LogP contribution in [0.4, 0.5) is 11.5 Å². The number of hydrogen-bond donors (Lipinski definition) is 4. The number of fused-ring (bicyclic) bond motifs is 2. The Balaban J connectivity index is 0.720. The van der Waals surface area contributed by atoms with Crippen molar-refractivity contribution in [3.05, 3.63) is 71.6 Å². The van der Waals surface area contributed by atoms with Crippen LogP contribution in [0.1, 0.15) is 107 Å². The fourth-order valence-electron chi connectivity index (χ4n) is 8.29. The number of imidazole rings is 1. The molecule has 3 aromatic heterocycles. The minimum absolute atomic E-state index is 0.0640. The second-order valence-corrected chi connectivity index (χ2v) is 15.7. The van der Waals surface area contributed by atoms with Crippen molar-refractivity contribution >= 4 is 58.1 Å². The lowest BCUT2D eigenvalue weighted by Crippen LogP contribution is -2.54. The molecule has 4 N–H and O–H groups in total. The first kappa shape index (κ1) is 38.6. The van der Waals surface area contributed by atoms with Crippen molar-refractivity contribution in [1.82, 2.24) is 44.9 Å². The van der Waals surface area contributed by atoms with Crippen LogP contribution in [-0.4, -0.2) is 108 Å². The predicted octanol–water partition coefficient (Wildman–Crippen LogP) is 3.39. The summed E-state index contributed by atoms with van der Waals surface area (Å²) < 4.78 is 2.07. The Bertz CT molecular complexity index is 2260. The number of anilines is 2. The molecule has 6 amide bonds. The zero-order chi connectivity index (χ0) is 40.3. The van der Waals surface area contributed by atoms with Crippen LogP contribution >= 0.6 is 0 Å². The van der Waals surface area contributed by atoms with Crippen LogP contribution in [0.2, 0.25) is 0 Å². The standard InChI is InChI=1S/C41H47N11O6/c1-24-6-5-7-31(47-24)38(55)48-27-18-28(19-27)51-23-46-35-36(44-22-45-37(35)51)43-21-25-13-16-50(17-14-25)34(54)8-3-2-4-15-42-26-9-10-29-30(20-26)41(58)52(40(29)57)32-11-12-33(53)49-39(32)56/h5-7,9-10,20,22-23,25,27-28,32,42H,2-4,8,11-19,21H2,1H3,(H,48,55)(H,43,44,45)(H,49,53,56). The molecule has 0 bridgehead atoms. The van der Waals surface area contributed by atoms with Gasteiger partial charge in [0.2, 0.25) is 17.7 Å². The SMILES string of the molecule is Cc1cccc(C(=O)NC2CC(n3cnc4c(NCC5CCN(C(=O)CCCCCNc6ccc7c(c6)C(=O)N(C6CCC(=O)NC6=O)C7=O)CC5)ncnc43)C2)n1. The molecule has 2 saturated heterocycles. The molecule has 17 heteroatoms. The predicted molar refractivity (Wildman–Crippen MR) is 212 cm³/mol. The fraction of sp³-hybridized carbons (Fsp3) is 0.463. The summed E-state index contributed by atoms with van der Waals surface area (Å²) in [5, 5.41) is 12.1. The highest BCUT2D eigenvalue weighted by atomic mass is 16.2. The van der Waals surface area contributed by atoms with E-state index in [1.165, 1.54) is 0 Å². The second kappa shape index (κ2) is 16.7. The maximum atomic E-state index is 13.1.